The molecule has 1 heterocycles. The van der Waals surface area contributed by atoms with Crippen LogP contribution in [0.4, 0.5) is 0 Å². The van der Waals surface area contributed by atoms with Crippen LogP contribution in [0.2, 0.25) is 0 Å². The first-order chi connectivity index (χ1) is 12.8. The third-order valence-corrected chi connectivity index (χ3v) is 5.83. The van der Waals surface area contributed by atoms with Crippen molar-refractivity contribution in [1.29, 1.82) is 0 Å². The number of aliphatic carboxylic acids is 1. The zero-order chi connectivity index (χ0) is 19.6. The highest BCUT2D eigenvalue weighted by Crippen LogP contribution is 2.33. The summed E-state index contributed by atoms with van der Waals surface area (Å²) in [6, 6.07) is 6.49. The maximum atomic E-state index is 12.5. The summed E-state index contributed by atoms with van der Waals surface area (Å²) < 4.78 is 32.5. The van der Waals surface area contributed by atoms with E-state index in [4.69, 9.17) is 4.42 Å². The quantitative estimate of drug-likeness (QED) is 0.627. The summed E-state index contributed by atoms with van der Waals surface area (Å²) in [6.45, 7) is 1.64. The molecule has 144 valence electrons. The molecule has 1 amide bonds. The minimum atomic E-state index is -3.86. The molecule has 1 saturated carbocycles. The van der Waals surface area contributed by atoms with Crippen LogP contribution in [0.3, 0.4) is 0 Å². The van der Waals surface area contributed by atoms with Crippen molar-refractivity contribution >= 4 is 21.9 Å². The fourth-order valence-electron chi connectivity index (χ4n) is 2.71. The van der Waals surface area contributed by atoms with Crippen molar-refractivity contribution in [3.63, 3.8) is 0 Å². The summed E-state index contributed by atoms with van der Waals surface area (Å²) in [5, 5.41) is 11.8. The van der Waals surface area contributed by atoms with Crippen LogP contribution < -0.4 is 10.0 Å². The molecule has 1 aromatic heterocycles. The zero-order valence-corrected chi connectivity index (χ0v) is 15.5. The van der Waals surface area contributed by atoms with Gasteiger partial charge in [0.15, 0.2) is 0 Å². The van der Waals surface area contributed by atoms with E-state index in [9.17, 15) is 23.1 Å². The van der Waals surface area contributed by atoms with E-state index in [1.165, 1.54) is 24.5 Å². The summed E-state index contributed by atoms with van der Waals surface area (Å²) in [5.74, 6) is -1.31. The van der Waals surface area contributed by atoms with Gasteiger partial charge in [-0.1, -0.05) is 6.07 Å². The predicted octanol–water partition coefficient (Wildman–Crippen LogP) is 1.66. The monoisotopic (exact) mass is 392 g/mol. The van der Waals surface area contributed by atoms with E-state index < -0.39 is 27.9 Å². The van der Waals surface area contributed by atoms with E-state index in [2.05, 4.69) is 10.0 Å². The Kier molecular flexibility index (Phi) is 5.33. The number of hydrogen-bond acceptors (Lipinski definition) is 5. The van der Waals surface area contributed by atoms with Gasteiger partial charge in [-0.25, -0.2) is 17.9 Å². The van der Waals surface area contributed by atoms with E-state index in [0.717, 1.165) is 12.8 Å². The van der Waals surface area contributed by atoms with Crippen molar-refractivity contribution < 1.29 is 27.5 Å². The maximum Gasteiger partial charge on any atom is 0.326 e. The van der Waals surface area contributed by atoms with Gasteiger partial charge >= 0.3 is 5.97 Å². The zero-order valence-electron chi connectivity index (χ0n) is 14.6. The lowest BCUT2D eigenvalue weighted by Crippen LogP contribution is -2.42. The largest absolute Gasteiger partial charge is 0.480 e. The average molecular weight is 392 g/mol. The van der Waals surface area contributed by atoms with Crippen LogP contribution in [-0.2, 0) is 21.4 Å². The van der Waals surface area contributed by atoms with Gasteiger partial charge in [0, 0.05) is 5.56 Å². The predicted molar refractivity (Wildman–Crippen MR) is 95.5 cm³/mol. The van der Waals surface area contributed by atoms with E-state index in [1.807, 2.05) is 0 Å². The van der Waals surface area contributed by atoms with Gasteiger partial charge in [0.25, 0.3) is 5.91 Å². The van der Waals surface area contributed by atoms with Crippen LogP contribution in [0.1, 0.15) is 34.5 Å². The lowest BCUT2D eigenvalue weighted by molar-refractivity contribution is -0.139. The van der Waals surface area contributed by atoms with E-state index >= 15 is 0 Å². The second kappa shape index (κ2) is 7.53. The topological polar surface area (TPSA) is 126 Å². The van der Waals surface area contributed by atoms with Gasteiger partial charge in [0.1, 0.15) is 11.8 Å². The van der Waals surface area contributed by atoms with Crippen molar-refractivity contribution in [2.75, 3.05) is 0 Å². The number of hydrogen-bond donors (Lipinski definition) is 3. The summed E-state index contributed by atoms with van der Waals surface area (Å²) in [4.78, 5) is 23.8. The van der Waals surface area contributed by atoms with Crippen LogP contribution in [-0.4, -0.2) is 31.4 Å². The molecule has 8 nitrogen and oxygen atoms in total. The van der Waals surface area contributed by atoms with Crippen molar-refractivity contribution in [3.05, 3.63) is 53.5 Å². The molecule has 1 atom stereocenters. The summed E-state index contributed by atoms with van der Waals surface area (Å²) in [5.41, 5.74) is 0.681. The third kappa shape index (κ3) is 4.55. The van der Waals surface area contributed by atoms with E-state index in [-0.39, 0.29) is 22.9 Å². The van der Waals surface area contributed by atoms with Crippen LogP contribution in [0, 0.1) is 12.8 Å². The normalized spacial score (nSPS) is 15.3. The number of amides is 1. The summed E-state index contributed by atoms with van der Waals surface area (Å²) >= 11 is 0. The Morgan fingerprint density at radius 1 is 1.30 bits per heavy atom. The first-order valence-corrected chi connectivity index (χ1v) is 9.92. The Bertz CT molecular complexity index is 948. The standard InChI is InChI=1S/C18H20N2O6S/c1-11-4-7-14(27(24,25)19-10-13-3-2-8-26-13)9-15(11)17(21)20-16(18(22)23)12-5-6-12/h2-4,7-9,12,16,19H,5-6,10H2,1H3,(H,20,21)(H,22,23). The van der Waals surface area contributed by atoms with Gasteiger partial charge in [-0.15, -0.1) is 0 Å². The minimum Gasteiger partial charge on any atom is -0.480 e. The molecule has 0 saturated heterocycles. The number of nitrogens with one attached hydrogen (secondary N) is 2. The van der Waals surface area contributed by atoms with E-state index in [1.54, 1.807) is 19.1 Å². The highest BCUT2D eigenvalue weighted by molar-refractivity contribution is 7.89. The Morgan fingerprint density at radius 2 is 2.04 bits per heavy atom. The van der Waals surface area contributed by atoms with Crippen LogP contribution in [0.5, 0.6) is 0 Å². The number of furan rings is 1. The molecular weight excluding hydrogens is 372 g/mol. The Labute approximate surface area is 156 Å². The first-order valence-electron chi connectivity index (χ1n) is 8.44. The van der Waals surface area contributed by atoms with Crippen molar-refractivity contribution in [2.24, 2.45) is 5.92 Å². The fraction of sp³-hybridized carbons (Fsp3) is 0.333. The molecule has 0 bridgehead atoms. The smallest absolute Gasteiger partial charge is 0.326 e. The number of carbonyl (C=O) groups excluding carboxylic acids is 1. The molecule has 9 heteroatoms. The molecule has 0 radical (unpaired) electrons. The average Bonchev–Trinajstić information content (AvgIpc) is 3.32. The lowest BCUT2D eigenvalue weighted by Gasteiger charge is -2.15. The van der Waals surface area contributed by atoms with Crippen molar-refractivity contribution in [3.8, 4) is 0 Å². The molecule has 0 spiro atoms. The van der Waals surface area contributed by atoms with Gasteiger partial charge in [-0.3, -0.25) is 4.79 Å². The van der Waals surface area contributed by atoms with Gasteiger partial charge in [-0.05, 0) is 55.5 Å². The van der Waals surface area contributed by atoms with Gasteiger partial charge in [-0.2, -0.15) is 0 Å². The molecule has 2 aromatic rings. The van der Waals surface area contributed by atoms with Gasteiger partial charge < -0.3 is 14.8 Å². The second-order valence-corrected chi connectivity index (χ2v) is 8.27. The van der Waals surface area contributed by atoms with Crippen molar-refractivity contribution in [1.82, 2.24) is 10.0 Å². The Balaban J connectivity index is 1.78. The lowest BCUT2D eigenvalue weighted by atomic mass is 10.1. The summed E-state index contributed by atoms with van der Waals surface area (Å²) in [7, 11) is -3.86. The highest BCUT2D eigenvalue weighted by atomic mass is 32.2. The minimum absolute atomic E-state index is 0.0203. The Hall–Kier alpha value is -2.65. The number of carboxylic acids is 1. The molecule has 0 aliphatic heterocycles. The number of sulfonamides is 1. The maximum absolute atomic E-state index is 12.5. The van der Waals surface area contributed by atoms with Crippen LogP contribution >= 0.6 is 0 Å². The number of rotatable bonds is 8. The first kappa shape index (κ1) is 19.1. The molecular formula is C18H20N2O6S. The molecule has 27 heavy (non-hydrogen) atoms. The highest BCUT2D eigenvalue weighted by Gasteiger charge is 2.37. The SMILES string of the molecule is Cc1ccc(S(=O)(=O)NCc2ccco2)cc1C(=O)NC(C(=O)O)C1CC1. The fourth-order valence-corrected chi connectivity index (χ4v) is 3.72. The molecule has 1 fully saturated rings. The number of benzene rings is 1. The number of carbonyl (C=O) groups is 2. The molecule has 1 unspecified atom stereocenters. The van der Waals surface area contributed by atoms with Gasteiger partial charge in [0.05, 0.1) is 17.7 Å². The van der Waals surface area contributed by atoms with Crippen LogP contribution in [0.15, 0.2) is 45.9 Å². The molecule has 1 aliphatic carbocycles. The third-order valence-electron chi connectivity index (χ3n) is 4.43. The second-order valence-electron chi connectivity index (χ2n) is 6.51. The van der Waals surface area contributed by atoms with E-state index in [0.29, 0.717) is 11.3 Å². The van der Waals surface area contributed by atoms with Gasteiger partial charge in [0.2, 0.25) is 10.0 Å². The Morgan fingerprint density at radius 3 is 2.63 bits per heavy atom. The number of aryl methyl sites for hydroxylation is 1. The van der Waals surface area contributed by atoms with Crippen molar-refractivity contribution in [2.45, 2.75) is 37.2 Å². The molecule has 3 N–H and O–H groups in total. The molecule has 1 aliphatic rings. The molecule has 3 rings (SSSR count). The molecule has 1 aromatic carbocycles. The van der Waals surface area contributed by atoms with Crippen LogP contribution in [0.25, 0.3) is 0 Å². The number of carboxylic acid groups (broad SMARTS) is 1. The summed E-state index contributed by atoms with van der Waals surface area (Å²) in [6.07, 6.45) is 2.94.